The Hall–Kier alpha value is -3.61. The number of para-hydroxylation sites is 1. The molecule has 150 valence electrons. The van der Waals surface area contributed by atoms with E-state index in [1.54, 1.807) is 6.07 Å². The van der Waals surface area contributed by atoms with Gasteiger partial charge in [0.2, 0.25) is 5.88 Å². The van der Waals surface area contributed by atoms with E-state index >= 15 is 0 Å². The zero-order valence-corrected chi connectivity index (χ0v) is 16.3. The molecule has 2 aromatic carbocycles. The van der Waals surface area contributed by atoms with Crippen molar-refractivity contribution >= 4 is 17.8 Å². The maximum absolute atomic E-state index is 11.9. The van der Waals surface area contributed by atoms with Gasteiger partial charge >= 0.3 is 5.97 Å². The molecule has 3 rings (SSSR count). The number of aromatic nitrogens is 1. The molecule has 0 aliphatic heterocycles. The van der Waals surface area contributed by atoms with Gasteiger partial charge in [0, 0.05) is 11.6 Å². The molecule has 0 saturated heterocycles. The third kappa shape index (κ3) is 5.93. The number of aryl methyl sites for hydroxylation is 2. The Morgan fingerprint density at radius 1 is 1.07 bits per heavy atom. The molecule has 1 N–H and O–H groups in total. The summed E-state index contributed by atoms with van der Waals surface area (Å²) in [7, 11) is 0. The monoisotopic (exact) mass is 394 g/mol. The molecule has 29 heavy (non-hydrogen) atoms. The van der Waals surface area contributed by atoms with Crippen molar-refractivity contribution in [2.24, 2.45) is 0 Å². The molecule has 0 atom stereocenters. The number of rotatable bonds is 8. The first kappa shape index (κ1) is 20.1. The molecule has 7 nitrogen and oxygen atoms in total. The summed E-state index contributed by atoms with van der Waals surface area (Å²) < 4.78 is 15.6. The lowest BCUT2D eigenvalue weighted by atomic mass is 10.1. The maximum Gasteiger partial charge on any atom is 0.309 e. The van der Waals surface area contributed by atoms with Crippen LogP contribution in [0.3, 0.4) is 0 Å². The molecule has 3 aromatic rings. The van der Waals surface area contributed by atoms with Crippen LogP contribution in [0.5, 0.6) is 5.75 Å². The lowest BCUT2D eigenvalue weighted by Crippen LogP contribution is -2.21. The van der Waals surface area contributed by atoms with Crippen LogP contribution in [0.1, 0.15) is 17.5 Å². The van der Waals surface area contributed by atoms with E-state index < -0.39 is 18.5 Å². The lowest BCUT2D eigenvalue weighted by Gasteiger charge is -2.08. The van der Waals surface area contributed by atoms with Gasteiger partial charge in [-0.2, -0.15) is 0 Å². The van der Waals surface area contributed by atoms with Crippen molar-refractivity contribution in [3.05, 3.63) is 65.7 Å². The van der Waals surface area contributed by atoms with Crippen molar-refractivity contribution in [3.8, 4) is 17.0 Å². The molecule has 1 aromatic heterocycles. The van der Waals surface area contributed by atoms with Crippen LogP contribution in [0, 0.1) is 13.8 Å². The zero-order valence-electron chi connectivity index (χ0n) is 16.3. The van der Waals surface area contributed by atoms with Crippen molar-refractivity contribution in [1.82, 2.24) is 5.16 Å². The zero-order chi connectivity index (χ0) is 20.6. The minimum atomic E-state index is -0.522. The molecule has 0 radical (unpaired) electrons. The lowest BCUT2D eigenvalue weighted by molar-refractivity contribution is -0.147. The van der Waals surface area contributed by atoms with Gasteiger partial charge in [-0.3, -0.25) is 14.9 Å². The highest BCUT2D eigenvalue weighted by atomic mass is 16.5. The van der Waals surface area contributed by atoms with Gasteiger partial charge in [0.1, 0.15) is 11.4 Å². The van der Waals surface area contributed by atoms with Gasteiger partial charge < -0.3 is 14.0 Å². The van der Waals surface area contributed by atoms with Gasteiger partial charge in [0.05, 0.1) is 13.0 Å². The van der Waals surface area contributed by atoms with E-state index in [4.69, 9.17) is 14.0 Å². The van der Waals surface area contributed by atoms with E-state index in [1.807, 2.05) is 62.4 Å². The summed E-state index contributed by atoms with van der Waals surface area (Å²) in [5.41, 5.74) is 3.60. The first-order valence-corrected chi connectivity index (χ1v) is 9.19. The van der Waals surface area contributed by atoms with E-state index in [0.29, 0.717) is 11.4 Å². The van der Waals surface area contributed by atoms with Crippen molar-refractivity contribution < 1.29 is 23.6 Å². The summed E-state index contributed by atoms with van der Waals surface area (Å²) in [5, 5.41) is 6.44. The molecule has 0 unspecified atom stereocenters. The Labute approximate surface area is 168 Å². The largest absolute Gasteiger partial charge is 0.493 e. The van der Waals surface area contributed by atoms with Crippen molar-refractivity contribution in [1.29, 1.82) is 0 Å². The molecular weight excluding hydrogens is 372 g/mol. The van der Waals surface area contributed by atoms with E-state index in [1.165, 1.54) is 0 Å². The second-order valence-electron chi connectivity index (χ2n) is 6.52. The highest BCUT2D eigenvalue weighted by Gasteiger charge is 2.12. The number of anilines is 1. The van der Waals surface area contributed by atoms with Gasteiger partial charge in [0.15, 0.2) is 6.61 Å². The number of amides is 1. The number of benzene rings is 2. The Kier molecular flexibility index (Phi) is 6.63. The van der Waals surface area contributed by atoms with Crippen LogP contribution >= 0.6 is 0 Å². The highest BCUT2D eigenvalue weighted by Crippen LogP contribution is 2.22. The van der Waals surface area contributed by atoms with Gasteiger partial charge in [-0.15, -0.1) is 0 Å². The average molecular weight is 394 g/mol. The van der Waals surface area contributed by atoms with Crippen LogP contribution in [-0.4, -0.2) is 30.2 Å². The van der Waals surface area contributed by atoms with Crippen LogP contribution in [0.15, 0.2) is 59.1 Å². The summed E-state index contributed by atoms with van der Waals surface area (Å²) in [6.07, 6.45) is 0.0431. The molecule has 0 aliphatic rings. The van der Waals surface area contributed by atoms with E-state index in [2.05, 4.69) is 10.5 Å². The van der Waals surface area contributed by atoms with Gasteiger partial charge in [-0.25, -0.2) is 0 Å². The topological polar surface area (TPSA) is 90.7 Å². The van der Waals surface area contributed by atoms with Crippen LogP contribution < -0.4 is 10.1 Å². The molecule has 1 amide bonds. The molecule has 0 aliphatic carbocycles. The van der Waals surface area contributed by atoms with Crippen LogP contribution in [0.4, 0.5) is 5.88 Å². The Bertz CT molecular complexity index is 979. The fourth-order valence-electron chi connectivity index (χ4n) is 2.55. The number of esters is 1. The minimum Gasteiger partial charge on any atom is -0.493 e. The first-order valence-electron chi connectivity index (χ1n) is 9.19. The van der Waals surface area contributed by atoms with Gasteiger partial charge in [-0.05, 0) is 25.5 Å². The number of nitrogens with one attached hydrogen (secondary N) is 1. The van der Waals surface area contributed by atoms with Crippen molar-refractivity contribution in [3.63, 3.8) is 0 Å². The van der Waals surface area contributed by atoms with Crippen molar-refractivity contribution in [2.45, 2.75) is 20.3 Å². The van der Waals surface area contributed by atoms with E-state index in [-0.39, 0.29) is 18.9 Å². The Morgan fingerprint density at radius 2 is 1.83 bits per heavy atom. The second-order valence-corrected chi connectivity index (χ2v) is 6.52. The third-order valence-corrected chi connectivity index (χ3v) is 4.14. The summed E-state index contributed by atoms with van der Waals surface area (Å²) >= 11 is 0. The predicted molar refractivity (Wildman–Crippen MR) is 108 cm³/mol. The fourth-order valence-corrected chi connectivity index (χ4v) is 2.55. The number of carbonyl (C=O) groups excluding carboxylic acids is 2. The molecule has 0 fully saturated rings. The van der Waals surface area contributed by atoms with Gasteiger partial charge in [0.25, 0.3) is 5.91 Å². The normalized spacial score (nSPS) is 10.4. The molecule has 0 bridgehead atoms. The fraction of sp³-hybridized carbons (Fsp3) is 0.227. The minimum absolute atomic E-state index is 0.0431. The summed E-state index contributed by atoms with van der Waals surface area (Å²) in [4.78, 5) is 23.7. The SMILES string of the molecule is Cc1ccc(-c2cc(NC(=O)COC(=O)CCOc3ccccc3C)on2)cc1. The molecule has 1 heterocycles. The summed E-state index contributed by atoms with van der Waals surface area (Å²) in [5.74, 6) is -0.131. The molecule has 0 saturated carbocycles. The Balaban J connectivity index is 1.40. The van der Waals surface area contributed by atoms with Crippen molar-refractivity contribution in [2.75, 3.05) is 18.5 Å². The number of nitrogens with zero attached hydrogens (tertiary/aromatic N) is 1. The maximum atomic E-state index is 11.9. The Morgan fingerprint density at radius 3 is 2.59 bits per heavy atom. The standard InChI is InChI=1S/C22H22N2O5/c1-15-7-9-17(10-8-15)18-13-21(29-24-18)23-20(25)14-28-22(26)11-12-27-19-6-4-3-5-16(19)2/h3-10,13H,11-12,14H2,1-2H3,(H,23,25). The smallest absolute Gasteiger partial charge is 0.309 e. The number of ether oxygens (including phenoxy) is 2. The van der Waals surface area contributed by atoms with Crippen LogP contribution in [0.2, 0.25) is 0 Å². The first-order chi connectivity index (χ1) is 14.0. The molecule has 7 heteroatoms. The third-order valence-electron chi connectivity index (χ3n) is 4.14. The predicted octanol–water partition coefficient (Wildman–Crippen LogP) is 3.91. The van der Waals surface area contributed by atoms with Gasteiger partial charge in [-0.1, -0.05) is 53.2 Å². The number of hydrogen-bond acceptors (Lipinski definition) is 6. The highest BCUT2D eigenvalue weighted by molar-refractivity contribution is 5.92. The van der Waals surface area contributed by atoms with E-state index in [0.717, 1.165) is 16.7 Å². The number of carbonyl (C=O) groups is 2. The summed E-state index contributed by atoms with van der Waals surface area (Å²) in [6, 6.07) is 16.9. The molecule has 0 spiro atoms. The summed E-state index contributed by atoms with van der Waals surface area (Å²) in [6.45, 7) is 3.68. The van der Waals surface area contributed by atoms with E-state index in [9.17, 15) is 9.59 Å². The molecular formula is C22H22N2O5. The average Bonchev–Trinajstić information content (AvgIpc) is 3.17. The van der Waals surface area contributed by atoms with Crippen LogP contribution in [0.25, 0.3) is 11.3 Å². The van der Waals surface area contributed by atoms with Crippen LogP contribution in [-0.2, 0) is 14.3 Å². The quantitative estimate of drug-likeness (QED) is 0.583. The number of hydrogen-bond donors (Lipinski definition) is 1. The second kappa shape index (κ2) is 9.54.